The van der Waals surface area contributed by atoms with Gasteiger partial charge in [-0.15, -0.1) is 0 Å². The van der Waals surface area contributed by atoms with E-state index in [1.807, 2.05) is 0 Å². The van der Waals surface area contributed by atoms with E-state index < -0.39 is 20.9 Å². The summed E-state index contributed by atoms with van der Waals surface area (Å²) in [6, 6.07) is 11.3. The Labute approximate surface area is 155 Å². The standard InChI is InChI=1S/C17H17N3O6S/c21-17(18-15-6-1-2-7-16(15)20(22)23)13-4-3-5-14(12-13)27(24,25)19-8-10-26-11-9-19/h1-7,12H,8-11H2,(H,18,21). The molecule has 0 spiro atoms. The van der Waals surface area contributed by atoms with Crippen LogP contribution in [0, 0.1) is 10.1 Å². The quantitative estimate of drug-likeness (QED) is 0.614. The van der Waals surface area contributed by atoms with Crippen molar-refractivity contribution in [3.05, 3.63) is 64.2 Å². The van der Waals surface area contributed by atoms with E-state index in [9.17, 15) is 23.3 Å². The highest BCUT2D eigenvalue weighted by Crippen LogP contribution is 2.24. The van der Waals surface area contributed by atoms with E-state index in [1.165, 1.54) is 46.8 Å². The number of para-hydroxylation sites is 2. The fourth-order valence-electron chi connectivity index (χ4n) is 2.67. The second kappa shape index (κ2) is 7.82. The Kier molecular flexibility index (Phi) is 5.49. The third-order valence-electron chi connectivity index (χ3n) is 4.05. The highest BCUT2D eigenvalue weighted by molar-refractivity contribution is 7.89. The van der Waals surface area contributed by atoms with Gasteiger partial charge in [0.25, 0.3) is 11.6 Å². The lowest BCUT2D eigenvalue weighted by Crippen LogP contribution is -2.40. The van der Waals surface area contributed by atoms with Gasteiger partial charge < -0.3 is 10.1 Å². The Hall–Kier alpha value is -2.82. The van der Waals surface area contributed by atoms with Crippen LogP contribution in [0.15, 0.2) is 53.4 Å². The second-order valence-electron chi connectivity index (χ2n) is 5.77. The number of hydrogen-bond donors (Lipinski definition) is 1. The molecule has 1 fully saturated rings. The van der Waals surface area contributed by atoms with Gasteiger partial charge in [-0.2, -0.15) is 4.31 Å². The predicted octanol–water partition coefficient (Wildman–Crippen LogP) is 1.87. The molecule has 0 radical (unpaired) electrons. The number of nitrogens with one attached hydrogen (secondary N) is 1. The van der Waals surface area contributed by atoms with Crippen LogP contribution in [0.25, 0.3) is 0 Å². The van der Waals surface area contributed by atoms with E-state index in [2.05, 4.69) is 5.32 Å². The molecule has 3 rings (SSSR count). The Morgan fingerprint density at radius 3 is 2.52 bits per heavy atom. The highest BCUT2D eigenvalue weighted by atomic mass is 32.2. The van der Waals surface area contributed by atoms with E-state index in [1.54, 1.807) is 6.07 Å². The summed E-state index contributed by atoms with van der Waals surface area (Å²) in [4.78, 5) is 22.9. The first-order chi connectivity index (χ1) is 12.9. The van der Waals surface area contributed by atoms with Gasteiger partial charge in [-0.1, -0.05) is 18.2 Å². The maximum absolute atomic E-state index is 12.7. The van der Waals surface area contributed by atoms with Crippen LogP contribution in [-0.2, 0) is 14.8 Å². The SMILES string of the molecule is O=C(Nc1ccccc1[N+](=O)[O-])c1cccc(S(=O)(=O)N2CCOCC2)c1. The Balaban J connectivity index is 1.85. The van der Waals surface area contributed by atoms with Crippen molar-refractivity contribution in [1.29, 1.82) is 0 Å². The van der Waals surface area contributed by atoms with Gasteiger partial charge in [-0.05, 0) is 24.3 Å². The highest BCUT2D eigenvalue weighted by Gasteiger charge is 2.27. The fraction of sp³-hybridized carbons (Fsp3) is 0.235. The van der Waals surface area contributed by atoms with Crippen LogP contribution in [0.5, 0.6) is 0 Å². The summed E-state index contributed by atoms with van der Waals surface area (Å²) in [7, 11) is -3.75. The van der Waals surface area contributed by atoms with Crippen LogP contribution in [0.3, 0.4) is 0 Å². The summed E-state index contributed by atoms with van der Waals surface area (Å²) >= 11 is 0. The van der Waals surface area contributed by atoms with Gasteiger partial charge in [0.15, 0.2) is 0 Å². The molecule has 10 heteroatoms. The van der Waals surface area contributed by atoms with Gasteiger partial charge in [-0.25, -0.2) is 8.42 Å². The number of nitro benzene ring substituents is 1. The molecule has 27 heavy (non-hydrogen) atoms. The smallest absolute Gasteiger partial charge is 0.292 e. The summed E-state index contributed by atoms with van der Waals surface area (Å²) in [6.07, 6.45) is 0. The number of sulfonamides is 1. The Morgan fingerprint density at radius 2 is 1.81 bits per heavy atom. The predicted molar refractivity (Wildman–Crippen MR) is 97.1 cm³/mol. The molecule has 1 heterocycles. The van der Waals surface area contributed by atoms with Crippen molar-refractivity contribution in [2.24, 2.45) is 0 Å². The topological polar surface area (TPSA) is 119 Å². The van der Waals surface area contributed by atoms with Crippen LogP contribution in [0.4, 0.5) is 11.4 Å². The molecule has 9 nitrogen and oxygen atoms in total. The molecule has 2 aromatic rings. The normalized spacial score (nSPS) is 15.3. The van der Waals surface area contributed by atoms with Crippen LogP contribution < -0.4 is 5.32 Å². The number of amides is 1. The summed E-state index contributed by atoms with van der Waals surface area (Å²) in [5.41, 5.74) is -0.126. The minimum Gasteiger partial charge on any atom is -0.379 e. The van der Waals surface area contributed by atoms with Gasteiger partial charge >= 0.3 is 0 Å². The van der Waals surface area contributed by atoms with Crippen molar-refractivity contribution in [3.63, 3.8) is 0 Å². The first-order valence-electron chi connectivity index (χ1n) is 8.12. The lowest BCUT2D eigenvalue weighted by atomic mass is 10.2. The molecule has 1 aliphatic heterocycles. The molecule has 0 unspecified atom stereocenters. The largest absolute Gasteiger partial charge is 0.379 e. The van der Waals surface area contributed by atoms with E-state index in [0.717, 1.165) is 0 Å². The molecule has 2 aromatic carbocycles. The molecule has 0 bridgehead atoms. The van der Waals surface area contributed by atoms with E-state index in [0.29, 0.717) is 13.2 Å². The van der Waals surface area contributed by atoms with Gasteiger partial charge in [0.05, 0.1) is 23.0 Å². The summed E-state index contributed by atoms with van der Waals surface area (Å²) in [5, 5.41) is 13.5. The third kappa shape index (κ3) is 4.13. The minimum absolute atomic E-state index is 0.0142. The van der Waals surface area contributed by atoms with E-state index in [4.69, 9.17) is 4.74 Å². The van der Waals surface area contributed by atoms with Gasteiger partial charge in [0.2, 0.25) is 10.0 Å². The maximum atomic E-state index is 12.7. The molecular formula is C17H17N3O6S. The van der Waals surface area contributed by atoms with E-state index >= 15 is 0 Å². The number of hydrogen-bond acceptors (Lipinski definition) is 6. The van der Waals surface area contributed by atoms with Crippen LogP contribution in [-0.4, -0.2) is 49.9 Å². The minimum atomic E-state index is -3.75. The number of nitrogens with zero attached hydrogens (tertiary/aromatic N) is 2. The average Bonchev–Trinajstić information content (AvgIpc) is 2.69. The number of carbonyl (C=O) groups is 1. The molecule has 1 saturated heterocycles. The number of ether oxygens (including phenoxy) is 1. The number of morpholine rings is 1. The number of benzene rings is 2. The van der Waals surface area contributed by atoms with Crippen LogP contribution in [0.1, 0.15) is 10.4 Å². The summed E-state index contributed by atoms with van der Waals surface area (Å²) in [6.45, 7) is 1.12. The molecule has 1 N–H and O–H groups in total. The summed E-state index contributed by atoms with van der Waals surface area (Å²) < 4.78 is 31.9. The third-order valence-corrected chi connectivity index (χ3v) is 5.95. The van der Waals surface area contributed by atoms with Crippen molar-refractivity contribution in [3.8, 4) is 0 Å². The molecule has 0 atom stereocenters. The van der Waals surface area contributed by atoms with Gasteiger partial charge in [0, 0.05) is 24.7 Å². The zero-order chi connectivity index (χ0) is 19.4. The zero-order valence-electron chi connectivity index (χ0n) is 14.2. The van der Waals surface area contributed by atoms with Gasteiger partial charge in [-0.3, -0.25) is 14.9 Å². The first kappa shape index (κ1) is 19.0. The molecular weight excluding hydrogens is 374 g/mol. The molecule has 1 amide bonds. The lowest BCUT2D eigenvalue weighted by molar-refractivity contribution is -0.383. The first-order valence-corrected chi connectivity index (χ1v) is 9.56. The molecule has 0 aliphatic carbocycles. The number of rotatable bonds is 5. The zero-order valence-corrected chi connectivity index (χ0v) is 15.0. The van der Waals surface area contributed by atoms with Crippen LogP contribution >= 0.6 is 0 Å². The van der Waals surface area contributed by atoms with Crippen molar-refractivity contribution < 1.29 is 22.9 Å². The molecule has 142 valence electrons. The molecule has 1 aliphatic rings. The maximum Gasteiger partial charge on any atom is 0.292 e. The number of anilines is 1. The molecule has 0 aromatic heterocycles. The molecule has 0 saturated carbocycles. The summed E-state index contributed by atoms with van der Waals surface area (Å²) in [5.74, 6) is -0.636. The number of carbonyl (C=O) groups excluding carboxylic acids is 1. The fourth-order valence-corrected chi connectivity index (χ4v) is 4.12. The van der Waals surface area contributed by atoms with Crippen molar-refractivity contribution in [2.75, 3.05) is 31.6 Å². The Morgan fingerprint density at radius 1 is 1.11 bits per heavy atom. The second-order valence-corrected chi connectivity index (χ2v) is 7.71. The van der Waals surface area contributed by atoms with Gasteiger partial charge in [0.1, 0.15) is 5.69 Å². The lowest BCUT2D eigenvalue weighted by Gasteiger charge is -2.26. The number of nitro groups is 1. The van der Waals surface area contributed by atoms with Crippen LogP contribution in [0.2, 0.25) is 0 Å². The average molecular weight is 391 g/mol. The Bertz CT molecular complexity index is 970. The monoisotopic (exact) mass is 391 g/mol. The van der Waals surface area contributed by atoms with Crippen molar-refractivity contribution >= 4 is 27.3 Å². The van der Waals surface area contributed by atoms with Crippen molar-refractivity contribution in [1.82, 2.24) is 4.31 Å². The van der Waals surface area contributed by atoms with E-state index in [-0.39, 0.29) is 34.9 Å². The van der Waals surface area contributed by atoms with Crippen molar-refractivity contribution in [2.45, 2.75) is 4.90 Å².